The van der Waals surface area contributed by atoms with E-state index in [2.05, 4.69) is 0 Å². The Morgan fingerprint density at radius 1 is 1.00 bits per heavy atom. The van der Waals surface area contributed by atoms with E-state index in [1.54, 1.807) is 0 Å². The summed E-state index contributed by atoms with van der Waals surface area (Å²) in [6.45, 7) is 0.370. The molecular formula is C18H18O3S. The van der Waals surface area contributed by atoms with Gasteiger partial charge in [-0.2, -0.15) is 0 Å². The van der Waals surface area contributed by atoms with Crippen LogP contribution in [0.4, 0.5) is 0 Å². The molecule has 0 spiro atoms. The van der Waals surface area contributed by atoms with Crippen LogP contribution < -0.4 is 0 Å². The van der Waals surface area contributed by atoms with Gasteiger partial charge in [0.2, 0.25) is 0 Å². The van der Waals surface area contributed by atoms with Crippen molar-refractivity contribution < 1.29 is 13.7 Å². The number of carbonyl (C=O) groups excluding carboxylic acids is 1. The predicted molar refractivity (Wildman–Crippen MR) is 85.8 cm³/mol. The van der Waals surface area contributed by atoms with Crippen molar-refractivity contribution in [3.8, 4) is 0 Å². The monoisotopic (exact) mass is 314 g/mol. The fraction of sp³-hybridized carbons (Fsp3) is 0.278. The van der Waals surface area contributed by atoms with Crippen molar-refractivity contribution in [1.82, 2.24) is 0 Å². The zero-order chi connectivity index (χ0) is 15.4. The molecule has 0 N–H and O–H groups in total. The molecule has 3 rings (SSSR count). The molecule has 0 amide bonds. The van der Waals surface area contributed by atoms with Crippen LogP contribution in [-0.2, 0) is 26.8 Å². The first kappa shape index (κ1) is 15.0. The van der Waals surface area contributed by atoms with Crippen LogP contribution in [0.25, 0.3) is 0 Å². The van der Waals surface area contributed by atoms with Crippen LogP contribution in [-0.4, -0.2) is 22.5 Å². The highest BCUT2D eigenvalue weighted by Gasteiger charge is 2.37. The van der Waals surface area contributed by atoms with Crippen LogP contribution in [0.1, 0.15) is 5.56 Å². The maximum atomic E-state index is 12.4. The van der Waals surface area contributed by atoms with Crippen molar-refractivity contribution in [2.75, 3.05) is 12.4 Å². The maximum absolute atomic E-state index is 12.4. The Labute approximate surface area is 132 Å². The molecule has 3 atom stereocenters. The summed E-state index contributed by atoms with van der Waals surface area (Å²) in [6, 6.07) is 19.3. The summed E-state index contributed by atoms with van der Waals surface area (Å²) >= 11 is 0. The largest absolute Gasteiger partial charge is 0.465 e. The predicted octanol–water partition coefficient (Wildman–Crippen LogP) is 2.83. The molecule has 1 fully saturated rings. The van der Waals surface area contributed by atoms with Crippen LogP contribution in [0.15, 0.2) is 65.6 Å². The lowest BCUT2D eigenvalue weighted by Crippen LogP contribution is -2.23. The van der Waals surface area contributed by atoms with E-state index in [-0.39, 0.29) is 17.8 Å². The average Bonchev–Trinajstić information content (AvgIpc) is 2.90. The minimum Gasteiger partial charge on any atom is -0.465 e. The molecule has 4 heteroatoms. The van der Waals surface area contributed by atoms with E-state index < -0.39 is 10.8 Å². The van der Waals surface area contributed by atoms with Gasteiger partial charge in [0.1, 0.15) is 0 Å². The summed E-state index contributed by atoms with van der Waals surface area (Å²) in [4.78, 5) is 12.8. The average molecular weight is 314 g/mol. The zero-order valence-electron chi connectivity index (χ0n) is 12.2. The van der Waals surface area contributed by atoms with Gasteiger partial charge in [-0.3, -0.25) is 9.00 Å². The Bertz CT molecular complexity index is 655. The van der Waals surface area contributed by atoms with E-state index >= 15 is 0 Å². The van der Waals surface area contributed by atoms with Crippen LogP contribution in [0.5, 0.6) is 0 Å². The molecule has 2 aromatic rings. The molecule has 2 aromatic carbocycles. The van der Waals surface area contributed by atoms with Gasteiger partial charge in [0.05, 0.1) is 23.3 Å². The molecule has 1 unspecified atom stereocenters. The number of rotatable bonds is 5. The van der Waals surface area contributed by atoms with Crippen LogP contribution >= 0.6 is 0 Å². The lowest BCUT2D eigenvalue weighted by atomic mass is 9.90. The first-order chi connectivity index (χ1) is 10.7. The molecule has 1 aliphatic rings. The van der Waals surface area contributed by atoms with E-state index in [9.17, 15) is 9.00 Å². The van der Waals surface area contributed by atoms with Crippen molar-refractivity contribution in [3.63, 3.8) is 0 Å². The molecular weight excluding hydrogens is 296 g/mol. The van der Waals surface area contributed by atoms with Gasteiger partial charge in [-0.05, 0) is 24.1 Å². The Kier molecular flexibility index (Phi) is 4.68. The summed E-state index contributed by atoms with van der Waals surface area (Å²) in [6.07, 6.45) is 0.649. The third-order valence-electron chi connectivity index (χ3n) is 3.98. The lowest BCUT2D eigenvalue weighted by Gasteiger charge is -2.15. The first-order valence-corrected chi connectivity index (χ1v) is 8.70. The smallest absolute Gasteiger partial charge is 0.309 e. The number of carbonyl (C=O) groups is 1. The standard InChI is InChI=1S/C18H18O3S/c19-18-17(11-14-7-3-1-4-8-14)15(12-21-18)13-22(20)16-9-5-2-6-10-16/h1-10,15,17H,11-13H2/t15-,17+,22?/m1/s1. The highest BCUT2D eigenvalue weighted by atomic mass is 32.2. The van der Waals surface area contributed by atoms with Crippen molar-refractivity contribution in [2.45, 2.75) is 11.3 Å². The third kappa shape index (κ3) is 3.45. The Balaban J connectivity index is 1.70. The van der Waals surface area contributed by atoms with Crippen molar-refractivity contribution in [2.24, 2.45) is 11.8 Å². The maximum Gasteiger partial charge on any atom is 0.309 e. The van der Waals surface area contributed by atoms with Crippen molar-refractivity contribution >= 4 is 16.8 Å². The van der Waals surface area contributed by atoms with E-state index in [1.165, 1.54) is 0 Å². The molecule has 0 saturated carbocycles. The quantitative estimate of drug-likeness (QED) is 0.797. The zero-order valence-corrected chi connectivity index (χ0v) is 13.0. The number of benzene rings is 2. The topological polar surface area (TPSA) is 43.4 Å². The number of esters is 1. The van der Waals surface area contributed by atoms with Crippen molar-refractivity contribution in [3.05, 3.63) is 66.2 Å². The molecule has 22 heavy (non-hydrogen) atoms. The molecule has 114 valence electrons. The van der Waals surface area contributed by atoms with Gasteiger partial charge in [-0.15, -0.1) is 0 Å². The van der Waals surface area contributed by atoms with Gasteiger partial charge in [0.15, 0.2) is 0 Å². The van der Waals surface area contributed by atoms with E-state index in [1.807, 2.05) is 60.7 Å². The van der Waals surface area contributed by atoms with Crippen LogP contribution in [0.3, 0.4) is 0 Å². The number of ether oxygens (including phenoxy) is 1. The van der Waals surface area contributed by atoms with Crippen LogP contribution in [0.2, 0.25) is 0 Å². The second-order valence-corrected chi connectivity index (χ2v) is 7.01. The molecule has 0 aromatic heterocycles. The number of hydrogen-bond donors (Lipinski definition) is 0. The third-order valence-corrected chi connectivity index (χ3v) is 5.51. The van der Waals surface area contributed by atoms with E-state index in [0.29, 0.717) is 18.8 Å². The second-order valence-electron chi connectivity index (χ2n) is 5.51. The first-order valence-electron chi connectivity index (χ1n) is 7.38. The minimum absolute atomic E-state index is 0.00810. The van der Waals surface area contributed by atoms with Gasteiger partial charge in [-0.25, -0.2) is 0 Å². The van der Waals surface area contributed by atoms with Crippen LogP contribution in [0, 0.1) is 11.8 Å². The highest BCUT2D eigenvalue weighted by molar-refractivity contribution is 7.85. The Hall–Kier alpha value is -1.94. The van der Waals surface area contributed by atoms with E-state index in [4.69, 9.17) is 4.74 Å². The number of cyclic esters (lactones) is 1. The fourth-order valence-corrected chi connectivity index (χ4v) is 4.12. The molecule has 1 heterocycles. The van der Waals surface area contributed by atoms with E-state index in [0.717, 1.165) is 10.5 Å². The molecule has 3 nitrogen and oxygen atoms in total. The van der Waals surface area contributed by atoms with Gasteiger partial charge in [0, 0.05) is 16.6 Å². The molecule has 0 aliphatic carbocycles. The number of hydrogen-bond acceptors (Lipinski definition) is 3. The highest BCUT2D eigenvalue weighted by Crippen LogP contribution is 2.28. The SMILES string of the molecule is O=C1OC[C@H](CS(=O)c2ccccc2)[C@@H]1Cc1ccccc1. The fourth-order valence-electron chi connectivity index (χ4n) is 2.75. The summed E-state index contributed by atoms with van der Waals surface area (Å²) < 4.78 is 17.7. The van der Waals surface area contributed by atoms with Gasteiger partial charge >= 0.3 is 5.97 Å². The molecule has 0 radical (unpaired) electrons. The van der Waals surface area contributed by atoms with Crippen molar-refractivity contribution in [1.29, 1.82) is 0 Å². The normalized spacial score (nSPS) is 22.3. The Morgan fingerprint density at radius 2 is 1.64 bits per heavy atom. The summed E-state index contributed by atoms with van der Waals surface area (Å²) in [5.74, 6) is 0.107. The molecule has 1 saturated heterocycles. The minimum atomic E-state index is -1.10. The van der Waals surface area contributed by atoms with Gasteiger partial charge < -0.3 is 4.74 Å². The second kappa shape index (κ2) is 6.88. The van der Waals surface area contributed by atoms with Gasteiger partial charge in [-0.1, -0.05) is 48.5 Å². The summed E-state index contributed by atoms with van der Waals surface area (Å²) in [7, 11) is -1.10. The molecule has 1 aliphatic heterocycles. The Morgan fingerprint density at radius 3 is 2.32 bits per heavy atom. The summed E-state index contributed by atoms with van der Waals surface area (Å²) in [5, 5.41) is 0. The summed E-state index contributed by atoms with van der Waals surface area (Å²) in [5.41, 5.74) is 1.11. The lowest BCUT2D eigenvalue weighted by molar-refractivity contribution is -0.141. The molecule has 0 bridgehead atoms. The van der Waals surface area contributed by atoms with Gasteiger partial charge in [0.25, 0.3) is 0 Å².